The Balaban J connectivity index is 2.89. The first-order valence-corrected chi connectivity index (χ1v) is 16.1. The maximum Gasteiger partial charge on any atom is 0.339 e. The highest BCUT2D eigenvalue weighted by molar-refractivity contribution is 5.95. The van der Waals surface area contributed by atoms with Crippen molar-refractivity contribution < 1.29 is 29.5 Å². The van der Waals surface area contributed by atoms with Gasteiger partial charge in [0.05, 0.1) is 13.2 Å². The Morgan fingerprint density at radius 1 is 0.590 bits per heavy atom. The number of unbranched alkanes of at least 4 members (excludes halogenated alkanes) is 14. The van der Waals surface area contributed by atoms with E-state index in [-0.39, 0.29) is 11.3 Å². The number of phenols is 1. The molecule has 0 saturated carbocycles. The molecule has 226 valence electrons. The quantitative estimate of drug-likeness (QED) is 0.0678. The molecule has 1 rings (SSSR count). The van der Waals surface area contributed by atoms with Gasteiger partial charge in [-0.05, 0) is 31.2 Å². The standard InChI is InChI=1S/C33H58O6/c1-5-9-11-13-15-17-19-21-25-37-31-28(24-8-4)27(23-7-3)29(33(35)36)30(34)32(31)39-38-26-22-20-18-16-14-12-10-6-2/h34H,5-26H2,1-4H3,(H,35,36). The molecule has 0 saturated heterocycles. The normalized spacial score (nSPS) is 11.2. The molecule has 0 heterocycles. The number of benzene rings is 1. The van der Waals surface area contributed by atoms with Crippen LogP contribution in [0.25, 0.3) is 0 Å². The molecule has 0 spiro atoms. The maximum atomic E-state index is 12.2. The third-order valence-corrected chi connectivity index (χ3v) is 7.28. The van der Waals surface area contributed by atoms with Gasteiger partial charge in [-0.1, -0.05) is 130 Å². The fourth-order valence-electron chi connectivity index (χ4n) is 5.10. The molecule has 1 aromatic rings. The number of carboxylic acids is 1. The van der Waals surface area contributed by atoms with Crippen LogP contribution in [0, 0.1) is 0 Å². The second-order valence-corrected chi connectivity index (χ2v) is 10.8. The van der Waals surface area contributed by atoms with Gasteiger partial charge in [0.1, 0.15) is 5.56 Å². The first-order valence-electron chi connectivity index (χ1n) is 16.1. The van der Waals surface area contributed by atoms with Crippen molar-refractivity contribution in [3.63, 3.8) is 0 Å². The van der Waals surface area contributed by atoms with E-state index < -0.39 is 11.7 Å². The molecule has 6 heteroatoms. The summed E-state index contributed by atoms with van der Waals surface area (Å²) in [6, 6.07) is 0. The van der Waals surface area contributed by atoms with Crippen molar-refractivity contribution in [2.45, 2.75) is 156 Å². The fraction of sp³-hybridized carbons (Fsp3) is 0.788. The van der Waals surface area contributed by atoms with Crippen LogP contribution in [0.5, 0.6) is 17.2 Å². The Labute approximate surface area is 238 Å². The Hall–Kier alpha value is -1.95. The summed E-state index contributed by atoms with van der Waals surface area (Å²) in [5.41, 5.74) is 1.37. The van der Waals surface area contributed by atoms with Gasteiger partial charge in [0.25, 0.3) is 0 Å². The molecule has 0 amide bonds. The summed E-state index contributed by atoms with van der Waals surface area (Å²) in [6.07, 6.45) is 21.8. The van der Waals surface area contributed by atoms with Gasteiger partial charge in [0.15, 0.2) is 11.5 Å². The van der Waals surface area contributed by atoms with Gasteiger partial charge in [-0.3, -0.25) is 0 Å². The molecular formula is C33H58O6. The van der Waals surface area contributed by atoms with Gasteiger partial charge in [0.2, 0.25) is 5.75 Å². The number of ether oxygens (including phenoxy) is 1. The number of aromatic carboxylic acids is 1. The molecule has 0 radical (unpaired) electrons. The lowest BCUT2D eigenvalue weighted by atomic mass is 9.92. The van der Waals surface area contributed by atoms with Gasteiger partial charge in [0, 0.05) is 5.56 Å². The van der Waals surface area contributed by atoms with E-state index in [1.165, 1.54) is 77.0 Å². The van der Waals surface area contributed by atoms with Crippen molar-refractivity contribution in [1.29, 1.82) is 0 Å². The minimum atomic E-state index is -1.16. The van der Waals surface area contributed by atoms with Crippen molar-refractivity contribution in [2.75, 3.05) is 13.2 Å². The summed E-state index contributed by atoms with van der Waals surface area (Å²) in [6.45, 7) is 9.41. The highest BCUT2D eigenvalue weighted by Gasteiger charge is 2.29. The average Bonchev–Trinajstić information content (AvgIpc) is 2.91. The lowest BCUT2D eigenvalue weighted by Gasteiger charge is -2.22. The van der Waals surface area contributed by atoms with Crippen LogP contribution < -0.4 is 9.62 Å². The number of hydrogen-bond donors (Lipinski definition) is 2. The minimum Gasteiger partial charge on any atom is -0.503 e. The van der Waals surface area contributed by atoms with E-state index in [2.05, 4.69) is 20.8 Å². The van der Waals surface area contributed by atoms with Crippen LogP contribution in [0.15, 0.2) is 0 Å². The van der Waals surface area contributed by atoms with Gasteiger partial charge in [-0.25, -0.2) is 4.79 Å². The predicted molar refractivity (Wildman–Crippen MR) is 160 cm³/mol. The Bertz CT molecular complexity index is 776. The molecular weight excluding hydrogens is 492 g/mol. The summed E-state index contributed by atoms with van der Waals surface area (Å²) in [5.74, 6) is -1.10. The molecule has 0 bridgehead atoms. The lowest BCUT2D eigenvalue weighted by Crippen LogP contribution is -2.13. The van der Waals surface area contributed by atoms with Gasteiger partial charge in [-0.15, -0.1) is 0 Å². The Morgan fingerprint density at radius 2 is 1.05 bits per heavy atom. The van der Waals surface area contributed by atoms with Gasteiger partial charge >= 0.3 is 5.97 Å². The van der Waals surface area contributed by atoms with Gasteiger partial charge in [-0.2, -0.15) is 4.89 Å². The summed E-state index contributed by atoms with van der Waals surface area (Å²) in [5, 5.41) is 21.0. The highest BCUT2D eigenvalue weighted by atomic mass is 17.2. The second kappa shape index (κ2) is 22.8. The SMILES string of the molecule is CCCCCCCCCCOOc1c(O)c(C(=O)O)c(CCC)c(CCC)c1OCCCCCCCCCC. The van der Waals surface area contributed by atoms with Gasteiger partial charge < -0.3 is 19.8 Å². The molecule has 1 aromatic carbocycles. The Kier molecular flexibility index (Phi) is 20.5. The van der Waals surface area contributed by atoms with Crippen LogP contribution in [0.1, 0.15) is 165 Å². The number of hydrogen-bond acceptors (Lipinski definition) is 5. The Morgan fingerprint density at radius 3 is 1.54 bits per heavy atom. The molecule has 0 fully saturated rings. The third kappa shape index (κ3) is 13.8. The monoisotopic (exact) mass is 550 g/mol. The topological polar surface area (TPSA) is 85.2 Å². The molecule has 0 aliphatic carbocycles. The van der Waals surface area contributed by atoms with Crippen molar-refractivity contribution >= 4 is 5.97 Å². The van der Waals surface area contributed by atoms with Crippen molar-refractivity contribution in [1.82, 2.24) is 0 Å². The summed E-state index contributed by atoms with van der Waals surface area (Å²) < 4.78 is 6.25. The third-order valence-electron chi connectivity index (χ3n) is 7.28. The average molecular weight is 551 g/mol. The second-order valence-electron chi connectivity index (χ2n) is 10.8. The summed E-state index contributed by atoms with van der Waals surface area (Å²) in [7, 11) is 0. The van der Waals surface area contributed by atoms with Crippen LogP contribution in [0.3, 0.4) is 0 Å². The van der Waals surface area contributed by atoms with Crippen molar-refractivity contribution in [2.24, 2.45) is 0 Å². The number of carboxylic acid groups (broad SMARTS) is 1. The number of carbonyl (C=O) groups is 1. The van der Waals surface area contributed by atoms with Crippen LogP contribution >= 0.6 is 0 Å². The molecule has 0 aliphatic rings. The van der Waals surface area contributed by atoms with Crippen LogP contribution in [0.4, 0.5) is 0 Å². The maximum absolute atomic E-state index is 12.2. The molecule has 0 atom stereocenters. The van der Waals surface area contributed by atoms with E-state index in [9.17, 15) is 15.0 Å². The zero-order valence-electron chi connectivity index (χ0n) is 25.6. The van der Waals surface area contributed by atoms with E-state index in [1.807, 2.05) is 6.92 Å². The predicted octanol–water partition coefficient (Wildman–Crippen LogP) is 9.97. The number of rotatable bonds is 26. The smallest absolute Gasteiger partial charge is 0.339 e. The highest BCUT2D eigenvalue weighted by Crippen LogP contribution is 2.46. The summed E-state index contributed by atoms with van der Waals surface area (Å²) in [4.78, 5) is 23.4. The van der Waals surface area contributed by atoms with Crippen LogP contribution in [-0.2, 0) is 17.7 Å². The molecule has 2 N–H and O–H groups in total. The molecule has 0 unspecified atom stereocenters. The molecule has 0 aliphatic heterocycles. The zero-order chi connectivity index (χ0) is 28.7. The van der Waals surface area contributed by atoms with E-state index >= 15 is 0 Å². The van der Waals surface area contributed by atoms with Crippen LogP contribution in [0.2, 0.25) is 0 Å². The lowest BCUT2D eigenvalue weighted by molar-refractivity contribution is -0.209. The zero-order valence-corrected chi connectivity index (χ0v) is 25.6. The molecule has 39 heavy (non-hydrogen) atoms. The van der Waals surface area contributed by atoms with E-state index in [0.29, 0.717) is 37.4 Å². The van der Waals surface area contributed by atoms with E-state index in [0.717, 1.165) is 44.1 Å². The van der Waals surface area contributed by atoms with Crippen molar-refractivity contribution in [3.8, 4) is 17.2 Å². The largest absolute Gasteiger partial charge is 0.503 e. The van der Waals surface area contributed by atoms with E-state index in [1.54, 1.807) is 0 Å². The molecule has 0 aromatic heterocycles. The first kappa shape index (κ1) is 35.1. The van der Waals surface area contributed by atoms with Crippen molar-refractivity contribution in [3.05, 3.63) is 16.7 Å². The first-order chi connectivity index (χ1) is 19.0. The number of aromatic hydroxyl groups is 1. The molecule has 6 nitrogen and oxygen atoms in total. The fourth-order valence-corrected chi connectivity index (χ4v) is 5.10. The van der Waals surface area contributed by atoms with Crippen LogP contribution in [-0.4, -0.2) is 29.4 Å². The summed E-state index contributed by atoms with van der Waals surface area (Å²) >= 11 is 0. The minimum absolute atomic E-state index is 0.00911. The van der Waals surface area contributed by atoms with E-state index in [4.69, 9.17) is 14.5 Å².